The minimum atomic E-state index is -0.432. The molecular weight excluding hydrogens is 488 g/mol. The lowest BCUT2D eigenvalue weighted by Crippen LogP contribution is -2.35. The highest BCUT2D eigenvalue weighted by molar-refractivity contribution is 6.31. The van der Waals surface area contributed by atoms with Gasteiger partial charge in [-0.05, 0) is 59.2 Å². The Morgan fingerprint density at radius 2 is 1.21 bits per heavy atom. The monoisotopic (exact) mass is 518 g/mol. The Bertz CT molecular complexity index is 1460. The summed E-state index contributed by atoms with van der Waals surface area (Å²) in [5.41, 5.74) is 6.41. The molecule has 1 fully saturated rings. The van der Waals surface area contributed by atoms with Crippen LogP contribution in [0, 0.1) is 0 Å². The molecule has 4 aromatic carbocycles. The molecule has 1 N–H and O–H groups in total. The number of rotatable bonds is 9. The fraction of sp³-hybridized carbons (Fsp3) is 0.152. The molecule has 2 amide bonds. The second-order valence-corrected chi connectivity index (χ2v) is 9.76. The lowest BCUT2D eigenvalue weighted by atomic mass is 9.78. The molecule has 1 aliphatic rings. The van der Waals surface area contributed by atoms with Crippen LogP contribution in [-0.4, -0.2) is 25.0 Å². The Morgan fingerprint density at radius 1 is 0.692 bits per heavy atom. The van der Waals surface area contributed by atoms with Crippen LogP contribution in [0.15, 0.2) is 115 Å². The average Bonchev–Trinajstić information content (AvgIpc) is 3.25. The molecule has 1 heterocycles. The largest absolute Gasteiger partial charge is 0.490 e. The molecule has 6 heteroatoms. The number of carbonyl (C=O) groups is 2. The van der Waals surface area contributed by atoms with Gasteiger partial charge >= 0.3 is 0 Å². The molecule has 0 atom stereocenters. The summed E-state index contributed by atoms with van der Waals surface area (Å²) in [6.45, 7) is 5.21. The summed E-state index contributed by atoms with van der Waals surface area (Å²) in [5, 5.41) is 1.25. The van der Waals surface area contributed by atoms with Crippen molar-refractivity contribution in [1.82, 2.24) is 5.43 Å². The number of hydrogen-bond donors (Lipinski definition) is 1. The van der Waals surface area contributed by atoms with Gasteiger partial charge in [-0.3, -0.25) is 15.0 Å². The van der Waals surface area contributed by atoms with Crippen molar-refractivity contribution in [2.75, 3.05) is 18.2 Å². The van der Waals surface area contributed by atoms with E-state index in [-0.39, 0.29) is 16.9 Å². The van der Waals surface area contributed by atoms with Crippen LogP contribution in [0.2, 0.25) is 0 Å². The molecule has 39 heavy (non-hydrogen) atoms. The predicted molar refractivity (Wildman–Crippen MR) is 152 cm³/mol. The summed E-state index contributed by atoms with van der Waals surface area (Å²) in [7, 11) is 0. The van der Waals surface area contributed by atoms with Crippen LogP contribution in [-0.2, 0) is 15.0 Å². The van der Waals surface area contributed by atoms with Gasteiger partial charge in [0, 0.05) is 5.41 Å². The van der Waals surface area contributed by atoms with Gasteiger partial charge in [0.05, 0.1) is 5.69 Å². The van der Waals surface area contributed by atoms with E-state index in [1.54, 1.807) is 30.3 Å². The van der Waals surface area contributed by atoms with Crippen molar-refractivity contribution in [2.24, 2.45) is 0 Å². The third-order valence-corrected chi connectivity index (χ3v) is 6.79. The van der Waals surface area contributed by atoms with Crippen molar-refractivity contribution in [3.8, 4) is 11.5 Å². The maximum absolute atomic E-state index is 12.7. The Morgan fingerprint density at radius 3 is 1.79 bits per heavy atom. The Labute approximate surface area is 228 Å². The van der Waals surface area contributed by atoms with Gasteiger partial charge in [-0.15, -0.1) is 0 Å². The molecule has 1 saturated heterocycles. The summed E-state index contributed by atoms with van der Waals surface area (Å²) in [6.07, 6.45) is 1.58. The van der Waals surface area contributed by atoms with Crippen LogP contribution < -0.4 is 19.9 Å². The topological polar surface area (TPSA) is 67.9 Å². The number of hydrogen-bond acceptors (Lipinski definition) is 4. The maximum Gasteiger partial charge on any atom is 0.282 e. The third-order valence-electron chi connectivity index (χ3n) is 6.79. The molecule has 0 unspecified atom stereocenters. The smallest absolute Gasteiger partial charge is 0.282 e. The highest BCUT2D eigenvalue weighted by Gasteiger charge is 2.34. The standard InChI is InChI=1S/C33H30N2O4/c1-33(2,25-9-5-3-6-10-25)26-15-19-29(20-16-26)39-22-21-38-28-17-13-24(14-18-28)23-30-31(36)34-35(32(30)37)27-11-7-4-8-12-27/h3-20,23H,21-22H2,1-2H3,(H,34,36). The third kappa shape index (κ3) is 5.85. The molecule has 0 bridgehead atoms. The van der Waals surface area contributed by atoms with Gasteiger partial charge in [0.15, 0.2) is 0 Å². The first-order valence-corrected chi connectivity index (χ1v) is 12.9. The lowest BCUT2D eigenvalue weighted by Gasteiger charge is -2.26. The van der Waals surface area contributed by atoms with E-state index >= 15 is 0 Å². The van der Waals surface area contributed by atoms with Crippen molar-refractivity contribution in [3.05, 3.63) is 131 Å². The molecule has 0 aromatic heterocycles. The van der Waals surface area contributed by atoms with E-state index in [0.717, 1.165) is 11.3 Å². The van der Waals surface area contributed by atoms with Crippen LogP contribution in [0.3, 0.4) is 0 Å². The zero-order valence-corrected chi connectivity index (χ0v) is 22.0. The van der Waals surface area contributed by atoms with Gasteiger partial charge in [-0.1, -0.05) is 86.6 Å². The average molecular weight is 519 g/mol. The van der Waals surface area contributed by atoms with Crippen LogP contribution in [0.4, 0.5) is 5.69 Å². The molecule has 0 radical (unpaired) electrons. The summed E-state index contributed by atoms with van der Waals surface area (Å²) in [5.74, 6) is 0.643. The summed E-state index contributed by atoms with van der Waals surface area (Å²) in [6, 6.07) is 34.9. The van der Waals surface area contributed by atoms with Crippen molar-refractivity contribution in [1.29, 1.82) is 0 Å². The molecular formula is C33H30N2O4. The molecule has 6 nitrogen and oxygen atoms in total. The molecule has 1 aliphatic heterocycles. The fourth-order valence-corrected chi connectivity index (χ4v) is 4.45. The van der Waals surface area contributed by atoms with E-state index in [9.17, 15) is 9.59 Å². The molecule has 196 valence electrons. The van der Waals surface area contributed by atoms with Crippen LogP contribution in [0.5, 0.6) is 11.5 Å². The highest BCUT2D eigenvalue weighted by atomic mass is 16.5. The predicted octanol–water partition coefficient (Wildman–Crippen LogP) is 5.93. The second kappa shape index (κ2) is 11.3. The summed E-state index contributed by atoms with van der Waals surface area (Å²) >= 11 is 0. The van der Waals surface area contributed by atoms with E-state index in [2.05, 4.69) is 55.7 Å². The molecule has 0 aliphatic carbocycles. The quantitative estimate of drug-likeness (QED) is 0.169. The number of benzene rings is 4. The Hall–Kier alpha value is -4.84. The molecule has 5 rings (SSSR count). The van der Waals surface area contributed by atoms with Crippen molar-refractivity contribution >= 4 is 23.6 Å². The second-order valence-electron chi connectivity index (χ2n) is 9.76. The van der Waals surface area contributed by atoms with Gasteiger partial charge in [-0.2, -0.15) is 0 Å². The van der Waals surface area contributed by atoms with E-state index in [1.807, 2.05) is 48.5 Å². The van der Waals surface area contributed by atoms with Crippen molar-refractivity contribution in [2.45, 2.75) is 19.3 Å². The molecule has 0 spiro atoms. The number of ether oxygens (including phenoxy) is 2. The first kappa shape index (κ1) is 25.8. The van der Waals surface area contributed by atoms with E-state index < -0.39 is 5.91 Å². The zero-order valence-electron chi connectivity index (χ0n) is 22.0. The number of nitrogens with zero attached hydrogens (tertiary/aromatic N) is 1. The van der Waals surface area contributed by atoms with Crippen LogP contribution in [0.1, 0.15) is 30.5 Å². The highest BCUT2D eigenvalue weighted by Crippen LogP contribution is 2.32. The molecule has 4 aromatic rings. The first-order valence-electron chi connectivity index (χ1n) is 12.9. The fourth-order valence-electron chi connectivity index (χ4n) is 4.45. The van der Waals surface area contributed by atoms with Crippen molar-refractivity contribution in [3.63, 3.8) is 0 Å². The summed E-state index contributed by atoms with van der Waals surface area (Å²) < 4.78 is 11.7. The van der Waals surface area contributed by atoms with Gasteiger partial charge in [-0.25, -0.2) is 5.01 Å². The number of anilines is 1. The van der Waals surface area contributed by atoms with Gasteiger partial charge < -0.3 is 9.47 Å². The normalized spacial score (nSPS) is 14.4. The van der Waals surface area contributed by atoms with Gasteiger partial charge in [0.2, 0.25) is 0 Å². The number of nitrogens with one attached hydrogen (secondary N) is 1. The van der Waals surface area contributed by atoms with Crippen LogP contribution >= 0.6 is 0 Å². The number of amides is 2. The van der Waals surface area contributed by atoms with Gasteiger partial charge in [0.25, 0.3) is 11.8 Å². The molecule has 0 saturated carbocycles. The number of hydrazine groups is 1. The van der Waals surface area contributed by atoms with E-state index in [4.69, 9.17) is 9.47 Å². The maximum atomic E-state index is 12.7. The van der Waals surface area contributed by atoms with E-state index in [1.165, 1.54) is 16.1 Å². The summed E-state index contributed by atoms with van der Waals surface area (Å²) in [4.78, 5) is 25.1. The SMILES string of the molecule is CC(C)(c1ccccc1)c1ccc(OCCOc2ccc(C=C3C(=O)NN(c4ccccc4)C3=O)cc2)cc1. The minimum absolute atomic E-state index is 0.0825. The minimum Gasteiger partial charge on any atom is -0.490 e. The zero-order chi connectivity index (χ0) is 27.2. The lowest BCUT2D eigenvalue weighted by molar-refractivity contribution is -0.117. The number of carbonyl (C=O) groups excluding carboxylic acids is 2. The number of para-hydroxylation sites is 1. The van der Waals surface area contributed by atoms with Gasteiger partial charge in [0.1, 0.15) is 30.3 Å². The van der Waals surface area contributed by atoms with Crippen molar-refractivity contribution < 1.29 is 19.1 Å². The van der Waals surface area contributed by atoms with Crippen LogP contribution in [0.25, 0.3) is 6.08 Å². The first-order chi connectivity index (χ1) is 18.9. The van der Waals surface area contributed by atoms with E-state index in [0.29, 0.717) is 24.7 Å². The Balaban J connectivity index is 1.12. The Kier molecular flexibility index (Phi) is 7.46.